The Kier molecular flexibility index (Phi) is 4.14. The number of rotatable bonds is 3. The Balaban J connectivity index is 1.79. The van der Waals surface area contributed by atoms with Crippen LogP contribution in [-0.2, 0) is 0 Å². The molecule has 0 saturated heterocycles. The Morgan fingerprint density at radius 2 is 1.13 bits per heavy atom. The van der Waals surface area contributed by atoms with Crippen LogP contribution in [0, 0.1) is 0 Å². The smallest absolute Gasteiger partial charge is 0.145 e. The number of imidazole rings is 1. The first-order chi connectivity index (χ1) is 15.4. The molecule has 2 nitrogen and oxygen atoms in total. The normalized spacial score (nSPS) is 11.2. The van der Waals surface area contributed by atoms with E-state index in [1.54, 1.807) is 0 Å². The van der Waals surface area contributed by atoms with Gasteiger partial charge >= 0.3 is 0 Å². The number of hydrogen-bond donors (Lipinski definition) is 0. The molecule has 0 radical (unpaired) electrons. The topological polar surface area (TPSA) is 17.3 Å². The lowest BCUT2D eigenvalue weighted by Crippen LogP contribution is -1.98. The summed E-state index contributed by atoms with van der Waals surface area (Å²) in [6, 6.07) is 38.5. The molecule has 2 aromatic heterocycles. The first-order valence-electron chi connectivity index (χ1n) is 10.5. The summed E-state index contributed by atoms with van der Waals surface area (Å²) in [6.07, 6.45) is 3.95. The van der Waals surface area contributed by atoms with Crippen molar-refractivity contribution in [3.8, 4) is 33.5 Å². The van der Waals surface area contributed by atoms with E-state index in [9.17, 15) is 0 Å². The number of benzene rings is 4. The van der Waals surface area contributed by atoms with Gasteiger partial charge in [0.05, 0.1) is 5.69 Å². The van der Waals surface area contributed by atoms with Gasteiger partial charge < -0.3 is 0 Å². The minimum Gasteiger partial charge on any atom is -0.299 e. The third-order valence-electron chi connectivity index (χ3n) is 5.87. The van der Waals surface area contributed by atoms with Gasteiger partial charge in [-0.2, -0.15) is 0 Å². The van der Waals surface area contributed by atoms with Crippen molar-refractivity contribution < 1.29 is 0 Å². The van der Waals surface area contributed by atoms with E-state index in [4.69, 9.17) is 4.98 Å². The van der Waals surface area contributed by atoms with E-state index in [1.807, 2.05) is 6.20 Å². The van der Waals surface area contributed by atoms with Crippen LogP contribution in [0.5, 0.6) is 0 Å². The van der Waals surface area contributed by atoms with Gasteiger partial charge in [0.25, 0.3) is 0 Å². The molecule has 0 bridgehead atoms. The van der Waals surface area contributed by atoms with Crippen molar-refractivity contribution in [2.24, 2.45) is 0 Å². The maximum atomic E-state index is 4.73. The summed E-state index contributed by atoms with van der Waals surface area (Å²) in [4.78, 5) is 4.73. The molecular formula is C29H20N2. The quantitative estimate of drug-likeness (QED) is 0.303. The zero-order valence-corrected chi connectivity index (χ0v) is 16.9. The molecule has 0 aliphatic heterocycles. The Morgan fingerprint density at radius 3 is 1.81 bits per heavy atom. The third kappa shape index (κ3) is 2.92. The molecule has 4 aromatic carbocycles. The van der Waals surface area contributed by atoms with Gasteiger partial charge in [-0.25, -0.2) is 4.98 Å². The number of fused-ring (bicyclic) bond motifs is 3. The van der Waals surface area contributed by atoms with Crippen molar-refractivity contribution in [3.63, 3.8) is 0 Å². The average molecular weight is 396 g/mol. The predicted octanol–water partition coefficient (Wildman–Crippen LogP) is 7.49. The van der Waals surface area contributed by atoms with Crippen molar-refractivity contribution in [2.45, 2.75) is 0 Å². The van der Waals surface area contributed by atoms with Crippen molar-refractivity contribution in [2.75, 3.05) is 0 Å². The van der Waals surface area contributed by atoms with E-state index in [0.29, 0.717) is 0 Å². The van der Waals surface area contributed by atoms with E-state index in [-0.39, 0.29) is 0 Å². The SMILES string of the molecule is c1ccc(-c2ccc3c(c2)c(-c2ccccc2)c(-c2ccccc2)n2ccnc32)cc1. The lowest BCUT2D eigenvalue weighted by molar-refractivity contribution is 1.21. The van der Waals surface area contributed by atoms with Crippen LogP contribution in [0.1, 0.15) is 0 Å². The highest BCUT2D eigenvalue weighted by molar-refractivity contribution is 6.10. The van der Waals surface area contributed by atoms with Crippen LogP contribution in [0.25, 0.3) is 49.9 Å². The second kappa shape index (κ2) is 7.26. The van der Waals surface area contributed by atoms with Gasteiger partial charge in [0.2, 0.25) is 0 Å². The van der Waals surface area contributed by atoms with Gasteiger partial charge in [-0.15, -0.1) is 0 Å². The van der Waals surface area contributed by atoms with Gasteiger partial charge in [0.15, 0.2) is 0 Å². The summed E-state index contributed by atoms with van der Waals surface area (Å²) in [5.74, 6) is 0. The van der Waals surface area contributed by atoms with Crippen LogP contribution in [0.15, 0.2) is 122 Å². The van der Waals surface area contributed by atoms with Crippen LogP contribution >= 0.6 is 0 Å². The zero-order valence-electron chi connectivity index (χ0n) is 16.9. The summed E-state index contributed by atoms with van der Waals surface area (Å²) in [5, 5.41) is 2.37. The molecule has 146 valence electrons. The summed E-state index contributed by atoms with van der Waals surface area (Å²) in [5.41, 5.74) is 8.17. The average Bonchev–Trinajstić information content (AvgIpc) is 3.34. The molecule has 0 saturated carbocycles. The van der Waals surface area contributed by atoms with Crippen molar-refractivity contribution >= 4 is 16.4 Å². The summed E-state index contributed by atoms with van der Waals surface area (Å²) < 4.78 is 2.22. The number of hydrogen-bond acceptors (Lipinski definition) is 1. The lowest BCUT2D eigenvalue weighted by atomic mass is 9.91. The Hall–Kier alpha value is -4.17. The van der Waals surface area contributed by atoms with Crippen LogP contribution in [-0.4, -0.2) is 9.38 Å². The first kappa shape index (κ1) is 17.7. The van der Waals surface area contributed by atoms with Crippen molar-refractivity contribution in [1.29, 1.82) is 0 Å². The molecule has 0 atom stereocenters. The number of pyridine rings is 1. The Morgan fingerprint density at radius 1 is 0.516 bits per heavy atom. The van der Waals surface area contributed by atoms with Crippen LogP contribution in [0.2, 0.25) is 0 Å². The molecule has 0 N–H and O–H groups in total. The van der Waals surface area contributed by atoms with Gasteiger partial charge in [-0.1, -0.05) is 97.1 Å². The molecule has 0 amide bonds. The van der Waals surface area contributed by atoms with Crippen LogP contribution < -0.4 is 0 Å². The fourth-order valence-electron chi connectivity index (χ4n) is 4.46. The second-order valence-electron chi connectivity index (χ2n) is 7.70. The number of aromatic nitrogens is 2. The monoisotopic (exact) mass is 396 g/mol. The fourth-order valence-corrected chi connectivity index (χ4v) is 4.46. The summed E-state index contributed by atoms with van der Waals surface area (Å²) in [6.45, 7) is 0. The molecule has 2 heteroatoms. The largest absolute Gasteiger partial charge is 0.299 e. The number of nitrogens with zero attached hydrogens (tertiary/aromatic N) is 2. The van der Waals surface area contributed by atoms with Gasteiger partial charge in [-0.05, 0) is 39.8 Å². The minimum absolute atomic E-state index is 0.980. The van der Waals surface area contributed by atoms with E-state index in [2.05, 4.69) is 120 Å². The molecule has 0 aliphatic rings. The van der Waals surface area contributed by atoms with E-state index in [0.717, 1.165) is 16.7 Å². The summed E-state index contributed by atoms with van der Waals surface area (Å²) in [7, 11) is 0. The van der Waals surface area contributed by atoms with Crippen LogP contribution in [0.4, 0.5) is 0 Å². The molecule has 0 fully saturated rings. The fraction of sp³-hybridized carbons (Fsp3) is 0. The highest BCUT2D eigenvalue weighted by Gasteiger charge is 2.18. The van der Waals surface area contributed by atoms with Crippen molar-refractivity contribution in [3.05, 3.63) is 122 Å². The molecule has 6 aromatic rings. The zero-order chi connectivity index (χ0) is 20.6. The molecular weight excluding hydrogens is 376 g/mol. The Bertz CT molecular complexity index is 1500. The second-order valence-corrected chi connectivity index (χ2v) is 7.70. The highest BCUT2D eigenvalue weighted by Crippen LogP contribution is 2.41. The lowest BCUT2D eigenvalue weighted by Gasteiger charge is -2.18. The molecule has 0 unspecified atom stereocenters. The molecule has 0 spiro atoms. The Labute approximate surface area is 181 Å². The molecule has 0 aliphatic carbocycles. The third-order valence-corrected chi connectivity index (χ3v) is 5.87. The van der Waals surface area contributed by atoms with E-state index in [1.165, 1.54) is 33.2 Å². The first-order valence-corrected chi connectivity index (χ1v) is 10.5. The van der Waals surface area contributed by atoms with E-state index >= 15 is 0 Å². The maximum absolute atomic E-state index is 4.73. The van der Waals surface area contributed by atoms with Crippen molar-refractivity contribution in [1.82, 2.24) is 9.38 Å². The highest BCUT2D eigenvalue weighted by atomic mass is 15.0. The van der Waals surface area contributed by atoms with Gasteiger partial charge in [0, 0.05) is 23.3 Å². The molecule has 6 rings (SSSR count). The summed E-state index contributed by atoms with van der Waals surface area (Å²) >= 11 is 0. The molecule has 31 heavy (non-hydrogen) atoms. The molecule has 2 heterocycles. The standard InChI is InChI=1S/C29H20N2/c1-4-10-21(11-5-1)24-16-17-25-26(20-24)27(22-12-6-2-7-13-22)28(23-14-8-3-9-15-23)31-19-18-30-29(25)31/h1-20H. The van der Waals surface area contributed by atoms with Gasteiger partial charge in [0.1, 0.15) is 5.65 Å². The maximum Gasteiger partial charge on any atom is 0.145 e. The van der Waals surface area contributed by atoms with E-state index < -0.39 is 0 Å². The van der Waals surface area contributed by atoms with Gasteiger partial charge in [-0.3, -0.25) is 4.40 Å². The predicted molar refractivity (Wildman–Crippen MR) is 129 cm³/mol. The van der Waals surface area contributed by atoms with Crippen LogP contribution in [0.3, 0.4) is 0 Å². The minimum atomic E-state index is 0.980.